The van der Waals surface area contributed by atoms with Crippen LogP contribution in [0.1, 0.15) is 32.6 Å². The largest absolute Gasteiger partial charge is 0.351 e. The van der Waals surface area contributed by atoms with Gasteiger partial charge in [-0.3, -0.25) is 14.9 Å². The number of nitrogens with one attached hydrogen (secondary N) is 2. The Morgan fingerprint density at radius 3 is 2.53 bits per heavy atom. The van der Waals surface area contributed by atoms with Crippen molar-refractivity contribution >= 4 is 11.9 Å². The molecule has 1 atom stereocenters. The third kappa shape index (κ3) is 4.26. The first-order chi connectivity index (χ1) is 7.09. The lowest BCUT2D eigenvalue weighted by Gasteiger charge is -2.16. The van der Waals surface area contributed by atoms with E-state index in [4.69, 9.17) is 10.6 Å². The number of carbonyl (C=O) groups excluding carboxylic acids is 2. The first-order valence-electron chi connectivity index (χ1n) is 5.11. The minimum atomic E-state index is -0.852. The Balaban J connectivity index is 2.19. The second-order valence-corrected chi connectivity index (χ2v) is 3.72. The van der Waals surface area contributed by atoms with Crippen molar-refractivity contribution in [1.29, 1.82) is 0 Å². The lowest BCUT2D eigenvalue weighted by molar-refractivity contribution is -0.127. The molecule has 1 saturated carbocycles. The Bertz CT molecular complexity index is 239. The second-order valence-electron chi connectivity index (χ2n) is 3.72. The molecule has 0 saturated heterocycles. The molecule has 0 heterocycles. The highest BCUT2D eigenvalue weighted by molar-refractivity contribution is 5.95. The van der Waals surface area contributed by atoms with E-state index < -0.39 is 18.0 Å². The van der Waals surface area contributed by atoms with Crippen LogP contribution in [0.2, 0.25) is 0 Å². The van der Waals surface area contributed by atoms with Gasteiger partial charge in [-0.15, -0.1) is 0 Å². The highest BCUT2D eigenvalue weighted by Gasteiger charge is 2.19. The molecule has 0 bridgehead atoms. The lowest BCUT2D eigenvalue weighted by atomic mass is 10.3. The van der Waals surface area contributed by atoms with Gasteiger partial charge in [0, 0.05) is 0 Å². The Morgan fingerprint density at radius 2 is 2.00 bits per heavy atom. The number of amides is 3. The van der Waals surface area contributed by atoms with Crippen molar-refractivity contribution in [2.75, 3.05) is 0 Å². The SMILES string of the molecule is CC(NOC1CCCC1)C(=O)NC(N)=O. The molecule has 0 radical (unpaired) electrons. The smallest absolute Gasteiger partial charge is 0.318 e. The number of rotatable bonds is 4. The topological polar surface area (TPSA) is 93.4 Å². The minimum Gasteiger partial charge on any atom is -0.351 e. The number of primary amides is 1. The van der Waals surface area contributed by atoms with Crippen LogP contribution in [0.25, 0.3) is 0 Å². The predicted molar refractivity (Wildman–Crippen MR) is 53.7 cm³/mol. The van der Waals surface area contributed by atoms with Crippen LogP contribution in [0, 0.1) is 0 Å². The summed E-state index contributed by atoms with van der Waals surface area (Å²) in [7, 11) is 0. The minimum absolute atomic E-state index is 0.175. The Morgan fingerprint density at radius 1 is 1.40 bits per heavy atom. The summed E-state index contributed by atoms with van der Waals surface area (Å²) < 4.78 is 0. The molecule has 15 heavy (non-hydrogen) atoms. The fourth-order valence-corrected chi connectivity index (χ4v) is 1.49. The van der Waals surface area contributed by atoms with Crippen molar-refractivity contribution in [1.82, 2.24) is 10.8 Å². The van der Waals surface area contributed by atoms with Crippen LogP contribution < -0.4 is 16.5 Å². The Labute approximate surface area is 88.5 Å². The van der Waals surface area contributed by atoms with Crippen molar-refractivity contribution in [3.05, 3.63) is 0 Å². The molecule has 0 aromatic carbocycles. The molecule has 6 nitrogen and oxygen atoms in total. The Hall–Kier alpha value is -1.14. The molecule has 1 rings (SSSR count). The molecule has 1 unspecified atom stereocenters. The van der Waals surface area contributed by atoms with E-state index in [0.29, 0.717) is 0 Å². The summed E-state index contributed by atoms with van der Waals surface area (Å²) in [6, 6.07) is -1.44. The van der Waals surface area contributed by atoms with E-state index in [2.05, 4.69) is 5.48 Å². The molecule has 3 amide bonds. The third-order valence-corrected chi connectivity index (χ3v) is 2.35. The summed E-state index contributed by atoms with van der Waals surface area (Å²) in [5, 5.41) is 1.98. The summed E-state index contributed by atoms with van der Waals surface area (Å²) in [5.74, 6) is -0.486. The van der Waals surface area contributed by atoms with Crippen molar-refractivity contribution < 1.29 is 14.4 Å². The molecular formula is C9H17N3O3. The first kappa shape index (κ1) is 11.9. The van der Waals surface area contributed by atoms with Gasteiger partial charge in [0.15, 0.2) is 0 Å². The summed E-state index contributed by atoms with van der Waals surface area (Å²) in [6.45, 7) is 1.60. The van der Waals surface area contributed by atoms with Gasteiger partial charge in [0.05, 0.1) is 6.10 Å². The average molecular weight is 215 g/mol. The number of imide groups is 1. The fraction of sp³-hybridized carbons (Fsp3) is 0.778. The van der Waals surface area contributed by atoms with Crippen LogP contribution in [0.4, 0.5) is 4.79 Å². The van der Waals surface area contributed by atoms with Gasteiger partial charge < -0.3 is 5.73 Å². The Kier molecular flexibility index (Phi) is 4.51. The van der Waals surface area contributed by atoms with E-state index in [-0.39, 0.29) is 6.10 Å². The standard InChI is InChI=1S/C9H17N3O3/c1-6(8(13)11-9(10)14)12-15-7-4-2-3-5-7/h6-7,12H,2-5H2,1H3,(H3,10,11,13,14). The average Bonchev–Trinajstić information content (AvgIpc) is 2.65. The number of urea groups is 1. The van der Waals surface area contributed by atoms with Gasteiger partial charge in [-0.25, -0.2) is 4.79 Å². The summed E-state index contributed by atoms with van der Waals surface area (Å²) >= 11 is 0. The van der Waals surface area contributed by atoms with Crippen molar-refractivity contribution in [2.45, 2.75) is 44.8 Å². The number of nitrogens with two attached hydrogens (primary N) is 1. The van der Waals surface area contributed by atoms with Gasteiger partial charge in [-0.1, -0.05) is 12.8 Å². The van der Waals surface area contributed by atoms with E-state index >= 15 is 0 Å². The monoisotopic (exact) mass is 215 g/mol. The van der Waals surface area contributed by atoms with Gasteiger partial charge in [-0.05, 0) is 19.8 Å². The first-order valence-corrected chi connectivity index (χ1v) is 5.11. The quantitative estimate of drug-likeness (QED) is 0.577. The van der Waals surface area contributed by atoms with Crippen LogP contribution >= 0.6 is 0 Å². The molecule has 0 aliphatic heterocycles. The van der Waals surface area contributed by atoms with Crippen molar-refractivity contribution in [3.8, 4) is 0 Å². The molecule has 1 aliphatic carbocycles. The fourth-order valence-electron chi connectivity index (χ4n) is 1.49. The van der Waals surface area contributed by atoms with E-state index in [9.17, 15) is 9.59 Å². The highest BCUT2D eigenvalue weighted by Crippen LogP contribution is 2.19. The maximum absolute atomic E-state index is 11.2. The van der Waals surface area contributed by atoms with Crippen LogP contribution in [-0.2, 0) is 9.63 Å². The maximum Gasteiger partial charge on any atom is 0.318 e. The molecule has 4 N–H and O–H groups in total. The zero-order valence-corrected chi connectivity index (χ0v) is 8.79. The highest BCUT2D eigenvalue weighted by atomic mass is 16.7. The zero-order chi connectivity index (χ0) is 11.3. The second kappa shape index (κ2) is 5.67. The summed E-state index contributed by atoms with van der Waals surface area (Å²) in [6.07, 6.45) is 4.52. The van der Waals surface area contributed by atoms with E-state index in [0.717, 1.165) is 25.7 Å². The molecule has 0 aromatic heterocycles. The molecule has 86 valence electrons. The third-order valence-electron chi connectivity index (χ3n) is 2.35. The molecule has 0 spiro atoms. The molecular weight excluding hydrogens is 198 g/mol. The summed E-state index contributed by atoms with van der Waals surface area (Å²) in [4.78, 5) is 26.9. The number of hydrogen-bond donors (Lipinski definition) is 3. The van der Waals surface area contributed by atoms with Crippen LogP contribution in [0.15, 0.2) is 0 Å². The molecule has 1 aliphatic rings. The van der Waals surface area contributed by atoms with E-state index in [1.165, 1.54) is 0 Å². The van der Waals surface area contributed by atoms with Gasteiger partial charge in [0.1, 0.15) is 6.04 Å². The lowest BCUT2D eigenvalue weighted by Crippen LogP contribution is -2.47. The van der Waals surface area contributed by atoms with Crippen molar-refractivity contribution in [2.24, 2.45) is 5.73 Å². The van der Waals surface area contributed by atoms with E-state index in [1.807, 2.05) is 5.32 Å². The van der Waals surface area contributed by atoms with Gasteiger partial charge in [0.2, 0.25) is 5.91 Å². The normalized spacial score (nSPS) is 18.7. The maximum atomic E-state index is 11.2. The predicted octanol–water partition coefficient (Wildman–Crippen LogP) is 0.0336. The number of hydrogen-bond acceptors (Lipinski definition) is 4. The molecule has 0 aromatic rings. The van der Waals surface area contributed by atoms with Crippen molar-refractivity contribution in [3.63, 3.8) is 0 Å². The van der Waals surface area contributed by atoms with Gasteiger partial charge >= 0.3 is 6.03 Å². The van der Waals surface area contributed by atoms with E-state index in [1.54, 1.807) is 6.92 Å². The van der Waals surface area contributed by atoms with Gasteiger partial charge in [-0.2, -0.15) is 5.48 Å². The molecule has 1 fully saturated rings. The van der Waals surface area contributed by atoms with Gasteiger partial charge in [0.25, 0.3) is 0 Å². The van der Waals surface area contributed by atoms with Crippen LogP contribution in [0.3, 0.4) is 0 Å². The number of carbonyl (C=O) groups is 2. The summed E-state index contributed by atoms with van der Waals surface area (Å²) in [5.41, 5.74) is 7.42. The zero-order valence-electron chi connectivity index (χ0n) is 8.79. The number of hydroxylamine groups is 1. The van der Waals surface area contributed by atoms with Crippen LogP contribution in [0.5, 0.6) is 0 Å². The van der Waals surface area contributed by atoms with Crippen LogP contribution in [-0.4, -0.2) is 24.1 Å². The molecule has 6 heteroatoms.